The molecule has 86 heavy (non-hydrogen) atoms. The Labute approximate surface area is 507 Å². The van der Waals surface area contributed by atoms with Gasteiger partial charge in [0.1, 0.15) is 35.8 Å². The number of Topliss-reactive ketones (excluding diaryl/α,β-unsaturated/α-hetero) is 1. The highest BCUT2D eigenvalue weighted by atomic mass is 16.7. The molecule has 8 heterocycles. The number of nitrogens with one attached hydrogen (secondary N) is 1. The van der Waals surface area contributed by atoms with E-state index in [9.17, 15) is 15.3 Å². The van der Waals surface area contributed by atoms with Crippen LogP contribution in [0.1, 0.15) is 172 Å². The molecule has 462 valence electrons. The van der Waals surface area contributed by atoms with Gasteiger partial charge >= 0.3 is 11.9 Å². The maximum Gasteiger partial charge on any atom is 0.339 e. The third kappa shape index (κ3) is 6.68. The number of nitrogens with zero attached hydrogens (tertiary/aromatic N) is 1. The highest BCUT2D eigenvalue weighted by Crippen LogP contribution is 2.90. The lowest BCUT2D eigenvalue weighted by molar-refractivity contribution is -0.301. The Balaban J connectivity index is 0.818. The number of hydrogen-bond acceptors (Lipinski definition) is 13. The monoisotopic (exact) mass is 1170 g/mol. The van der Waals surface area contributed by atoms with Crippen LogP contribution in [0.3, 0.4) is 0 Å². The highest BCUT2D eigenvalue weighted by molar-refractivity contribution is 5.94. The average Bonchev–Trinajstić information content (AvgIpc) is 1.40. The second-order valence-electron chi connectivity index (χ2n) is 32.5. The van der Waals surface area contributed by atoms with Gasteiger partial charge in [-0.1, -0.05) is 114 Å². The van der Waals surface area contributed by atoms with Gasteiger partial charge in [0.25, 0.3) is 0 Å². The molecule has 7 aliphatic heterocycles. The van der Waals surface area contributed by atoms with Crippen LogP contribution in [0.2, 0.25) is 0 Å². The third-order valence-corrected chi connectivity index (χ3v) is 29.9. The number of rotatable bonds is 11. The van der Waals surface area contributed by atoms with E-state index in [0.29, 0.717) is 60.7 Å². The number of cyclic esters (lactones) is 2. The number of esters is 2. The van der Waals surface area contributed by atoms with Crippen molar-refractivity contribution >= 4 is 17.7 Å². The van der Waals surface area contributed by atoms with Crippen molar-refractivity contribution in [3.8, 4) is 0 Å². The van der Waals surface area contributed by atoms with Gasteiger partial charge in [0.2, 0.25) is 0 Å². The van der Waals surface area contributed by atoms with E-state index in [4.69, 9.17) is 23.4 Å². The predicted molar refractivity (Wildman–Crippen MR) is 317 cm³/mol. The topological polar surface area (TPSA) is 181 Å². The molecule has 1 aromatic heterocycles. The molecule has 13 heteroatoms. The van der Waals surface area contributed by atoms with Crippen LogP contribution in [-0.4, -0.2) is 106 Å². The predicted octanol–water partition coefficient (Wildman–Crippen LogP) is 10.4. The van der Waals surface area contributed by atoms with E-state index in [0.717, 1.165) is 115 Å². The van der Waals surface area contributed by atoms with E-state index >= 15 is 14.4 Å². The summed E-state index contributed by atoms with van der Waals surface area (Å²) in [6, 6.07) is 13.2. The molecule has 5 bridgehead atoms. The van der Waals surface area contributed by atoms with Crippen molar-refractivity contribution in [1.29, 1.82) is 0 Å². The number of hydrogen-bond donors (Lipinski definition) is 4. The van der Waals surface area contributed by atoms with Gasteiger partial charge in [-0.05, 0) is 183 Å². The fourth-order valence-electron chi connectivity index (χ4n) is 27.4. The van der Waals surface area contributed by atoms with Crippen molar-refractivity contribution in [2.75, 3.05) is 26.4 Å². The summed E-state index contributed by atoms with van der Waals surface area (Å²) >= 11 is 0. The summed E-state index contributed by atoms with van der Waals surface area (Å²) in [7, 11) is 0. The summed E-state index contributed by atoms with van der Waals surface area (Å²) in [5, 5.41) is 41.3. The smallest absolute Gasteiger partial charge is 0.339 e. The maximum absolute atomic E-state index is 17.6. The Bertz CT molecular complexity index is 3150. The molecule has 16 aliphatic rings. The minimum atomic E-state index is -1.48. The summed E-state index contributed by atoms with van der Waals surface area (Å²) in [4.78, 5) is 51.6. The number of aliphatic hydroxyl groups excluding tert-OH is 3. The molecule has 9 aliphatic carbocycles. The number of aliphatic hydroxyl groups is 3. The Morgan fingerprint density at radius 3 is 2.53 bits per heavy atom. The zero-order valence-corrected chi connectivity index (χ0v) is 51.0. The molecule has 26 atom stereocenters. The Hall–Kier alpha value is -3.85. The van der Waals surface area contributed by atoms with Crippen LogP contribution in [0, 0.1) is 110 Å². The van der Waals surface area contributed by atoms with E-state index in [1.165, 1.54) is 43.2 Å². The van der Waals surface area contributed by atoms with Gasteiger partial charge in [0, 0.05) is 41.3 Å². The second-order valence-corrected chi connectivity index (χ2v) is 32.5. The number of epoxide rings is 1. The van der Waals surface area contributed by atoms with Crippen LogP contribution in [0.5, 0.6) is 0 Å². The first kappa shape index (κ1) is 55.0. The molecule has 5 saturated heterocycles. The first-order chi connectivity index (χ1) is 41.8. The fraction of sp³-hybridized carbons (Fsp3) is 0.767. The van der Waals surface area contributed by atoms with Gasteiger partial charge in [0.05, 0.1) is 48.5 Å². The van der Waals surface area contributed by atoms with Crippen molar-refractivity contribution in [2.24, 2.45) is 110 Å². The van der Waals surface area contributed by atoms with Gasteiger partial charge in [-0.2, -0.15) is 0 Å². The first-order valence-corrected chi connectivity index (χ1v) is 35.0. The lowest BCUT2D eigenvalue weighted by Crippen LogP contribution is -2.82. The molecule has 2 aromatic rings. The van der Waals surface area contributed by atoms with Crippen molar-refractivity contribution < 1.29 is 53.1 Å². The number of benzene rings is 1. The van der Waals surface area contributed by atoms with Crippen LogP contribution < -0.4 is 5.32 Å². The second kappa shape index (κ2) is 19.1. The van der Waals surface area contributed by atoms with E-state index in [2.05, 4.69) is 72.7 Å². The molecule has 4 N–H and O–H groups in total. The Kier molecular flexibility index (Phi) is 12.2. The minimum absolute atomic E-state index is 0.0276. The molecule has 1 aromatic carbocycles. The largest absolute Gasteiger partial charge is 0.469 e. The maximum atomic E-state index is 17.6. The number of ether oxygens (including phenoxy) is 4. The molecule has 0 radical (unpaired) electrons. The molecule has 0 amide bonds. The van der Waals surface area contributed by atoms with Crippen LogP contribution in [-0.2, 0) is 46.2 Å². The Morgan fingerprint density at radius 2 is 1.69 bits per heavy atom. The van der Waals surface area contributed by atoms with Crippen molar-refractivity contribution in [3.63, 3.8) is 0 Å². The van der Waals surface area contributed by atoms with Crippen LogP contribution >= 0.6 is 0 Å². The SMILES string of the molecule is CC(C1CCCCC1)C1CCCC23OC45C(=CC12)CC1CCCC12CC1CC6(C)C(c7ccoc7CC(C(O)CO)C7CCC8C(C=CN9CNCC89)C7)OC(=O)C7OC76C6(C7CCCC(Cc8ccccc8)C7)C(O)C(=O)C3C4(COC(=O)C25)C16. The van der Waals surface area contributed by atoms with Crippen molar-refractivity contribution in [2.45, 2.75) is 209 Å². The molecular weight excluding hydrogens is 1080 g/mol. The van der Waals surface area contributed by atoms with Crippen molar-refractivity contribution in [3.05, 3.63) is 83.5 Å². The van der Waals surface area contributed by atoms with Gasteiger partial charge in [0.15, 0.2) is 11.9 Å². The average molecular weight is 1180 g/mol. The number of carbonyl (C=O) groups is 3. The van der Waals surface area contributed by atoms with E-state index < -0.39 is 80.7 Å². The first-order valence-electron chi connectivity index (χ1n) is 35.0. The molecule has 26 unspecified atom stereocenters. The molecule has 5 spiro atoms. The number of allylic oxidation sites excluding steroid dienone is 1. The van der Waals surface area contributed by atoms with Gasteiger partial charge < -0.3 is 43.6 Å². The van der Waals surface area contributed by atoms with Crippen molar-refractivity contribution in [1.82, 2.24) is 10.2 Å². The van der Waals surface area contributed by atoms with Gasteiger partial charge in [-0.3, -0.25) is 14.9 Å². The molecule has 13 nitrogen and oxygen atoms in total. The van der Waals surface area contributed by atoms with Gasteiger partial charge in [-0.25, -0.2) is 4.79 Å². The standard InChI is InChI=1S/C73H94N2O11/c1-40(43-15-7-4-8-16-43)50-19-11-25-70-54(50)32-49-31-47-18-10-24-68(47)35-46-34-67(2)63(52-23-27-82-57(52)33-53(56(77)37-76)44-20-21-51-45(30-44)22-26-75-39-74-36-55(51)75)84-66(81)64-73(67,85-64)71(48-17-9-14-42(29-48)28-41-12-5-3-6-13-41)59(46)69(60(70)58(78)62(71)79)38-83-65(80)61(68)72(49,69)86-70/h3,5-6,12-13,22-23,26-27,32,40,42-48,50-51,53-56,59-64,74,76-77,79H,4,7-11,14-21,24-25,28-31,33-39H2,1-2H3. The molecule has 14 fully saturated rings. The third-order valence-electron chi connectivity index (χ3n) is 29.9. The number of fused-ring (bicyclic) bond motifs is 3. The van der Waals surface area contributed by atoms with E-state index in [1.54, 1.807) is 6.26 Å². The lowest BCUT2D eigenvalue weighted by atomic mass is 9.29. The molecule has 18 rings (SSSR count). The quantitative estimate of drug-likeness (QED) is 0.0949. The summed E-state index contributed by atoms with van der Waals surface area (Å²) in [5.41, 5.74) is -3.81. The lowest BCUT2D eigenvalue weighted by Gasteiger charge is -2.73. The zero-order valence-electron chi connectivity index (χ0n) is 51.0. The Morgan fingerprint density at radius 1 is 0.849 bits per heavy atom. The van der Waals surface area contributed by atoms with Crippen LogP contribution in [0.4, 0.5) is 0 Å². The summed E-state index contributed by atoms with van der Waals surface area (Å²) in [6.07, 6.45) is 26.4. The van der Waals surface area contributed by atoms with Gasteiger partial charge in [-0.15, -0.1) is 0 Å². The van der Waals surface area contributed by atoms with Crippen LogP contribution in [0.15, 0.2) is 71.0 Å². The summed E-state index contributed by atoms with van der Waals surface area (Å²) in [6.45, 7) is 6.36. The van der Waals surface area contributed by atoms with E-state index in [1.807, 2.05) is 6.07 Å². The number of carbonyl (C=O) groups excluding carboxylic acids is 3. The molecular formula is C73H94N2O11. The number of ketones is 1. The fourth-order valence-corrected chi connectivity index (χ4v) is 27.4. The molecule has 9 saturated carbocycles. The zero-order chi connectivity index (χ0) is 58.1. The summed E-state index contributed by atoms with van der Waals surface area (Å²) < 4.78 is 37.1. The minimum Gasteiger partial charge on any atom is -0.469 e. The normalized spacial score (nSPS) is 50.8. The number of furan rings is 1. The van der Waals surface area contributed by atoms with E-state index in [-0.39, 0.29) is 72.3 Å². The highest BCUT2D eigenvalue weighted by Gasteiger charge is 2.99. The van der Waals surface area contributed by atoms with Crippen LogP contribution in [0.25, 0.3) is 0 Å². The summed E-state index contributed by atoms with van der Waals surface area (Å²) in [5.74, 6) is 0.392.